The Morgan fingerprint density at radius 3 is 2.24 bits per heavy atom. The Morgan fingerprint density at radius 2 is 1.56 bits per heavy atom. The molecule has 3 aliphatic rings. The van der Waals surface area contributed by atoms with Crippen LogP contribution in [-0.2, 0) is 29.1 Å². The molecule has 7 aromatic rings. The first-order chi connectivity index (χ1) is 37.6. The topological polar surface area (TPSA) is 230 Å². The van der Waals surface area contributed by atoms with Crippen molar-refractivity contribution in [3.05, 3.63) is 136 Å². The number of piperazine rings is 1. The Bertz CT molecular complexity index is 3650. The number of aliphatic imine (C=N–C) groups is 1. The number of carbonyl (C=O) groups excluding carboxylic acids is 4. The maximum absolute atomic E-state index is 13.7. The van der Waals surface area contributed by atoms with Crippen LogP contribution in [0.3, 0.4) is 0 Å². The fourth-order valence-corrected chi connectivity index (χ4v) is 13.6. The van der Waals surface area contributed by atoms with Gasteiger partial charge in [-0.3, -0.25) is 48.6 Å². The molecule has 1 saturated carbocycles. The number of likely N-dealkylation sites (tertiary alicyclic amines) is 1. The first-order valence-corrected chi connectivity index (χ1v) is 28.5. The van der Waals surface area contributed by atoms with Crippen LogP contribution >= 0.6 is 46.5 Å². The van der Waals surface area contributed by atoms with Crippen molar-refractivity contribution < 1.29 is 19.2 Å². The molecule has 2 aliphatic heterocycles. The van der Waals surface area contributed by atoms with E-state index in [9.17, 15) is 24.0 Å². The van der Waals surface area contributed by atoms with Crippen molar-refractivity contribution in [2.24, 2.45) is 22.6 Å². The third-order valence-electron chi connectivity index (χ3n) is 14.8. The average molecular weight is 1130 g/mol. The second kappa shape index (κ2) is 23.2. The minimum atomic E-state index is -0.420. The number of nitrogens with one attached hydrogen (secondary N) is 3. The molecular weight excluding hydrogens is 1070 g/mol. The summed E-state index contributed by atoms with van der Waals surface area (Å²) in [6, 6.07) is 15.1. The zero-order valence-corrected chi connectivity index (χ0v) is 47.2. The van der Waals surface area contributed by atoms with Gasteiger partial charge in [-0.1, -0.05) is 11.6 Å². The van der Waals surface area contributed by atoms with Crippen LogP contribution in [-0.4, -0.2) is 126 Å². The molecule has 1 aromatic carbocycles. The van der Waals surface area contributed by atoms with Crippen LogP contribution < -0.4 is 21.9 Å². The number of hydrogen-bond donors (Lipinski definition) is 4. The van der Waals surface area contributed by atoms with Crippen LogP contribution in [0, 0.1) is 37.4 Å². The predicted octanol–water partition coefficient (Wildman–Crippen LogP) is 7.65. The highest BCUT2D eigenvalue weighted by Gasteiger charge is 2.58. The summed E-state index contributed by atoms with van der Waals surface area (Å²) in [4.78, 5) is 91.0. The van der Waals surface area contributed by atoms with Crippen LogP contribution in [0.2, 0.25) is 5.02 Å². The summed E-state index contributed by atoms with van der Waals surface area (Å²) in [6.45, 7) is 15.0. The SMILES string of the molecule is Cc1ccnc(-n2c(=S)[nH]c3sc(C)c(CCCNC(=O)c4ccc(C(=O)NCCCN=C/C(=C\N)CN5C[C@H](C)N(Cc6c(C)cc(Cl)cc6-c6ccnc7cc(CN8C(=O)C9CC9C8=O)sc67)[C@@H](C)C5)nn4)c3c2=O)c1. The molecule has 10 rings (SSSR count). The van der Waals surface area contributed by atoms with Gasteiger partial charge in [0.2, 0.25) is 11.8 Å². The molecule has 78 heavy (non-hydrogen) atoms. The zero-order valence-electron chi connectivity index (χ0n) is 44.0. The molecule has 0 spiro atoms. The summed E-state index contributed by atoms with van der Waals surface area (Å²) in [7, 11) is 0. The van der Waals surface area contributed by atoms with Gasteiger partial charge in [0.05, 0.1) is 34.0 Å². The molecule has 8 heterocycles. The number of pyridine rings is 2. The third kappa shape index (κ3) is 11.5. The number of fused-ring (bicyclic) bond motifs is 3. The Balaban J connectivity index is 0.665. The first-order valence-electron chi connectivity index (χ1n) is 26.1. The van der Waals surface area contributed by atoms with Crippen LogP contribution in [0.4, 0.5) is 0 Å². The van der Waals surface area contributed by atoms with Crippen LogP contribution in [0.5, 0.6) is 0 Å². The number of carbonyl (C=O) groups is 4. The highest BCUT2D eigenvalue weighted by molar-refractivity contribution is 7.71. The number of aromatic nitrogens is 6. The molecule has 1 aliphatic carbocycles. The maximum atomic E-state index is 13.7. The largest absolute Gasteiger partial charge is 0.404 e. The number of amides is 4. The van der Waals surface area contributed by atoms with Gasteiger partial charge in [-0.15, -0.1) is 32.9 Å². The molecule has 4 amide bonds. The van der Waals surface area contributed by atoms with Crippen molar-refractivity contribution in [3.63, 3.8) is 0 Å². The van der Waals surface area contributed by atoms with E-state index < -0.39 is 11.8 Å². The maximum Gasteiger partial charge on any atom is 0.271 e. The van der Waals surface area contributed by atoms with Crippen molar-refractivity contribution in [1.29, 1.82) is 0 Å². The second-order valence-electron chi connectivity index (χ2n) is 20.5. The van der Waals surface area contributed by atoms with Gasteiger partial charge in [-0.2, -0.15) is 0 Å². The third-order valence-corrected chi connectivity index (χ3v) is 17.5. The number of nitrogens with zero attached hydrogens (tertiary/aromatic N) is 9. The first kappa shape index (κ1) is 54.5. The lowest BCUT2D eigenvalue weighted by Crippen LogP contribution is -2.56. The molecule has 0 radical (unpaired) electrons. The van der Waals surface area contributed by atoms with E-state index in [2.05, 4.69) is 71.3 Å². The summed E-state index contributed by atoms with van der Waals surface area (Å²) >= 11 is 15.3. The Morgan fingerprint density at radius 1 is 0.872 bits per heavy atom. The molecule has 3 fully saturated rings. The number of thiophene rings is 2. The van der Waals surface area contributed by atoms with E-state index in [0.29, 0.717) is 72.9 Å². The van der Waals surface area contributed by atoms with Crippen LogP contribution in [0.25, 0.3) is 37.4 Å². The van der Waals surface area contributed by atoms with Crippen molar-refractivity contribution >= 4 is 96.8 Å². The van der Waals surface area contributed by atoms with E-state index in [1.165, 1.54) is 38.5 Å². The lowest BCUT2D eigenvalue weighted by Gasteiger charge is -2.45. The summed E-state index contributed by atoms with van der Waals surface area (Å²) in [5, 5.41) is 15.0. The molecule has 18 nitrogen and oxygen atoms in total. The lowest BCUT2D eigenvalue weighted by molar-refractivity contribution is -0.141. The highest BCUT2D eigenvalue weighted by atomic mass is 35.5. The van der Waals surface area contributed by atoms with E-state index in [0.717, 1.165) is 73.0 Å². The molecule has 5 N–H and O–H groups in total. The van der Waals surface area contributed by atoms with Gasteiger partial charge >= 0.3 is 0 Å². The quantitative estimate of drug-likeness (QED) is 0.0264. The van der Waals surface area contributed by atoms with E-state index >= 15 is 0 Å². The fraction of sp³-hybridized carbons (Fsp3) is 0.375. The van der Waals surface area contributed by atoms with Gasteiger partial charge < -0.3 is 21.4 Å². The molecular formula is C56H60ClN13O5S3. The number of imide groups is 1. The highest BCUT2D eigenvalue weighted by Crippen LogP contribution is 2.48. The summed E-state index contributed by atoms with van der Waals surface area (Å²) in [5.74, 6) is -0.742. The zero-order chi connectivity index (χ0) is 54.9. The number of hydrogen-bond acceptors (Lipinski definition) is 16. The normalized spacial score (nSPS) is 18.9. The predicted molar refractivity (Wildman–Crippen MR) is 308 cm³/mol. The Labute approximate surface area is 468 Å². The Kier molecular flexibility index (Phi) is 16.2. The molecule has 2 saturated heterocycles. The number of halogens is 1. The number of aromatic amines is 1. The van der Waals surface area contributed by atoms with Gasteiger partial charge in [0.25, 0.3) is 17.4 Å². The van der Waals surface area contributed by atoms with E-state index in [1.54, 1.807) is 29.9 Å². The number of piperidine rings is 1. The van der Waals surface area contributed by atoms with Gasteiger partial charge in [0, 0.05) is 96.8 Å². The van der Waals surface area contributed by atoms with E-state index in [4.69, 9.17) is 29.6 Å². The average Bonchev–Trinajstić information content (AvgIpc) is 3.93. The second-order valence-corrected chi connectivity index (χ2v) is 23.6. The number of aryl methyl sites for hydroxylation is 4. The molecule has 404 valence electrons. The van der Waals surface area contributed by atoms with E-state index in [1.807, 2.05) is 56.4 Å². The molecule has 6 aromatic heterocycles. The van der Waals surface area contributed by atoms with Crippen molar-refractivity contribution in [2.75, 3.05) is 39.3 Å². The smallest absolute Gasteiger partial charge is 0.271 e. The molecule has 0 bridgehead atoms. The van der Waals surface area contributed by atoms with Crippen LogP contribution in [0.15, 0.2) is 82.5 Å². The lowest BCUT2D eigenvalue weighted by atomic mass is 9.94. The van der Waals surface area contributed by atoms with Crippen molar-refractivity contribution in [2.45, 2.75) is 85.5 Å². The minimum Gasteiger partial charge on any atom is -0.404 e. The summed E-state index contributed by atoms with van der Waals surface area (Å²) in [5.41, 5.74) is 14.0. The molecule has 4 atom stereocenters. The van der Waals surface area contributed by atoms with Crippen molar-refractivity contribution in [3.8, 4) is 16.9 Å². The van der Waals surface area contributed by atoms with Gasteiger partial charge in [-0.25, -0.2) is 9.55 Å². The van der Waals surface area contributed by atoms with Crippen molar-refractivity contribution in [1.82, 2.24) is 55.0 Å². The molecule has 22 heteroatoms. The number of benzene rings is 1. The summed E-state index contributed by atoms with van der Waals surface area (Å²) in [6.07, 6.45) is 9.25. The van der Waals surface area contributed by atoms with Gasteiger partial charge in [0.1, 0.15) is 10.6 Å². The number of H-pyrrole nitrogens is 1. The van der Waals surface area contributed by atoms with Crippen LogP contribution in [0.1, 0.15) is 86.1 Å². The minimum absolute atomic E-state index is 0.0567. The summed E-state index contributed by atoms with van der Waals surface area (Å²) < 4.78 is 2.70. The monoisotopic (exact) mass is 1130 g/mol. The van der Waals surface area contributed by atoms with Gasteiger partial charge in [0.15, 0.2) is 16.2 Å². The Hall–Kier alpha value is -6.88. The molecule has 2 unspecified atom stereocenters. The van der Waals surface area contributed by atoms with Gasteiger partial charge in [-0.05, 0) is 161 Å². The number of nitrogens with two attached hydrogens (primary N) is 1. The number of rotatable bonds is 19. The fourth-order valence-electron chi connectivity index (χ4n) is 10.7. The standard InChI is InChI=1S/C56H60ClN13O5S3/c1-30-11-16-61-47(18-30)70-55(75)48-38(34(5)77-52(48)64-56(70)76)8-6-14-62-50(71)44-9-10-45(66-65-44)51(72)63-15-7-13-59-24-35(23-58)27-67-25-32(3)68(33(4)26-67)29-43-31(2)19-36(57)20-40(43)39-12-17-60-46-21-37(78-49(39)46)28-69-53(73)41-22-42(41)54(69)74/h9-12,16-21,23-24,32-33,41-42H,6-8,13-15,22,25-29,58H2,1-5H3,(H,62,71)(H,63,72)(H,64,76)/b35-23+,59-24?/t32-,33-,41?,42?/m0/s1. The van der Waals surface area contributed by atoms with E-state index in [-0.39, 0.29) is 64.0 Å².